The second-order valence-corrected chi connectivity index (χ2v) is 7.86. The van der Waals surface area contributed by atoms with E-state index in [1.165, 1.54) is 3.97 Å². The molecule has 2 heterocycles. The lowest BCUT2D eigenvalue weighted by atomic mass is 10.1. The van der Waals surface area contributed by atoms with Crippen LogP contribution in [0.5, 0.6) is 0 Å². The summed E-state index contributed by atoms with van der Waals surface area (Å²) in [5, 5.41) is 0.719. The lowest BCUT2D eigenvalue weighted by Gasteiger charge is -2.09. The number of aryl methyl sites for hydroxylation is 1. The first-order valence-corrected chi connectivity index (χ1v) is 9.32. The average molecular weight is 339 g/mol. The number of hydrogen-bond donors (Lipinski definition) is 0. The zero-order valence-electron chi connectivity index (χ0n) is 13.3. The van der Waals surface area contributed by atoms with Gasteiger partial charge in [-0.25, -0.2) is 22.4 Å². The van der Waals surface area contributed by atoms with Gasteiger partial charge in [0.25, 0.3) is 10.0 Å². The van der Waals surface area contributed by atoms with Gasteiger partial charge in [-0.2, -0.15) is 0 Å². The third kappa shape index (κ3) is 2.43. The van der Waals surface area contributed by atoms with Crippen LogP contribution < -0.4 is 0 Å². The zero-order chi connectivity index (χ0) is 16.7. The molecule has 5 nitrogen and oxygen atoms in total. The molecule has 1 atom stereocenters. The lowest BCUT2D eigenvalue weighted by Crippen LogP contribution is -2.13. The number of fused-ring (bicyclic) bond motifs is 1. The van der Waals surface area contributed by atoms with E-state index < -0.39 is 10.0 Å². The van der Waals surface area contributed by atoms with E-state index in [2.05, 4.69) is 22.1 Å². The number of allylic oxidation sites excluding steroid dienone is 2. The highest BCUT2D eigenvalue weighted by molar-refractivity contribution is 7.90. The lowest BCUT2D eigenvalue weighted by molar-refractivity contribution is 0.588. The summed E-state index contributed by atoms with van der Waals surface area (Å²) >= 11 is 0. The first-order chi connectivity index (χ1) is 11.6. The van der Waals surface area contributed by atoms with Gasteiger partial charge in [0.2, 0.25) is 0 Å². The largest absolute Gasteiger partial charge is 0.269 e. The summed E-state index contributed by atoms with van der Waals surface area (Å²) < 4.78 is 27.1. The smallest absolute Gasteiger partial charge is 0.240 e. The summed E-state index contributed by atoms with van der Waals surface area (Å²) in [6.45, 7) is 1.93. The van der Waals surface area contributed by atoms with Gasteiger partial charge in [0.15, 0.2) is 5.65 Å². The molecule has 2 aromatic heterocycles. The van der Waals surface area contributed by atoms with Gasteiger partial charge >= 0.3 is 0 Å². The summed E-state index contributed by atoms with van der Waals surface area (Å²) in [4.78, 5) is 9.20. The molecular formula is C18H17N3O2S. The molecule has 6 heteroatoms. The second-order valence-electron chi connectivity index (χ2n) is 6.05. The van der Waals surface area contributed by atoms with E-state index in [0.717, 1.165) is 23.8 Å². The van der Waals surface area contributed by atoms with E-state index >= 15 is 0 Å². The zero-order valence-corrected chi connectivity index (χ0v) is 14.1. The van der Waals surface area contributed by atoms with Crippen LogP contribution in [-0.2, 0) is 10.0 Å². The van der Waals surface area contributed by atoms with Crippen LogP contribution in [0.3, 0.4) is 0 Å². The Morgan fingerprint density at radius 3 is 2.67 bits per heavy atom. The first kappa shape index (κ1) is 15.1. The topological polar surface area (TPSA) is 64.8 Å². The van der Waals surface area contributed by atoms with E-state index in [0.29, 0.717) is 11.5 Å². The summed E-state index contributed by atoms with van der Waals surface area (Å²) in [5.41, 5.74) is 1.45. The molecule has 0 saturated carbocycles. The van der Waals surface area contributed by atoms with Crippen molar-refractivity contribution in [1.29, 1.82) is 0 Å². The van der Waals surface area contributed by atoms with Gasteiger partial charge in [-0.1, -0.05) is 29.8 Å². The fourth-order valence-electron chi connectivity index (χ4n) is 2.95. The van der Waals surface area contributed by atoms with E-state index in [-0.39, 0.29) is 10.8 Å². The number of hydrogen-bond acceptors (Lipinski definition) is 4. The maximum Gasteiger partial charge on any atom is 0.269 e. The molecule has 1 aromatic carbocycles. The Morgan fingerprint density at radius 1 is 1.17 bits per heavy atom. The van der Waals surface area contributed by atoms with Crippen LogP contribution in [0.4, 0.5) is 0 Å². The number of nitrogens with zero attached hydrogens (tertiary/aromatic N) is 3. The molecule has 3 aromatic rings. The van der Waals surface area contributed by atoms with Gasteiger partial charge in [-0.05, 0) is 38.0 Å². The molecule has 1 aliphatic carbocycles. The second kappa shape index (κ2) is 5.56. The van der Waals surface area contributed by atoms with Gasteiger partial charge in [0.1, 0.15) is 5.82 Å². The Kier molecular flexibility index (Phi) is 3.49. The highest BCUT2D eigenvalue weighted by Gasteiger charge is 2.21. The van der Waals surface area contributed by atoms with Crippen molar-refractivity contribution in [3.05, 3.63) is 66.3 Å². The van der Waals surface area contributed by atoms with Crippen molar-refractivity contribution in [1.82, 2.24) is 13.9 Å². The Hall–Kier alpha value is -2.47. The summed E-state index contributed by atoms with van der Waals surface area (Å²) in [6, 6.07) is 8.57. The number of aromatic nitrogens is 3. The molecule has 24 heavy (non-hydrogen) atoms. The van der Waals surface area contributed by atoms with Gasteiger partial charge in [-0.3, -0.25) is 0 Å². The molecular weight excluding hydrogens is 322 g/mol. The molecule has 0 aliphatic heterocycles. The molecule has 0 spiro atoms. The van der Waals surface area contributed by atoms with E-state index in [1.807, 2.05) is 6.92 Å². The highest BCUT2D eigenvalue weighted by atomic mass is 32.2. The molecule has 0 saturated heterocycles. The molecule has 1 aliphatic rings. The fraction of sp³-hybridized carbons (Fsp3) is 0.222. The van der Waals surface area contributed by atoms with Crippen molar-refractivity contribution in [2.24, 2.45) is 0 Å². The van der Waals surface area contributed by atoms with Crippen molar-refractivity contribution in [2.75, 3.05) is 0 Å². The van der Waals surface area contributed by atoms with Crippen LogP contribution in [-0.4, -0.2) is 22.4 Å². The van der Waals surface area contributed by atoms with Crippen molar-refractivity contribution in [2.45, 2.75) is 30.6 Å². The van der Waals surface area contributed by atoms with Crippen LogP contribution in [0, 0.1) is 6.92 Å². The van der Waals surface area contributed by atoms with Gasteiger partial charge in [0, 0.05) is 23.7 Å². The predicted molar refractivity (Wildman–Crippen MR) is 92.4 cm³/mol. The average Bonchev–Trinajstić information content (AvgIpc) is 3.24. The Balaban J connectivity index is 1.85. The van der Waals surface area contributed by atoms with E-state index in [1.54, 1.807) is 42.7 Å². The molecule has 1 unspecified atom stereocenters. The van der Waals surface area contributed by atoms with Crippen molar-refractivity contribution >= 4 is 21.1 Å². The molecule has 0 bridgehead atoms. The molecule has 122 valence electrons. The maximum atomic E-state index is 12.9. The van der Waals surface area contributed by atoms with Crippen molar-refractivity contribution < 1.29 is 8.42 Å². The van der Waals surface area contributed by atoms with Gasteiger partial charge in [0.05, 0.1) is 4.90 Å². The summed E-state index contributed by atoms with van der Waals surface area (Å²) in [7, 11) is -3.67. The Bertz CT molecular complexity index is 1030. The third-order valence-electron chi connectivity index (χ3n) is 4.33. The number of benzene rings is 1. The van der Waals surface area contributed by atoms with Crippen LogP contribution in [0.1, 0.15) is 30.1 Å². The molecule has 0 N–H and O–H groups in total. The summed E-state index contributed by atoms with van der Waals surface area (Å²) in [6.07, 6.45) is 9.42. The van der Waals surface area contributed by atoms with Crippen molar-refractivity contribution in [3.8, 4) is 0 Å². The minimum absolute atomic E-state index is 0.167. The van der Waals surface area contributed by atoms with Gasteiger partial charge in [-0.15, -0.1) is 0 Å². The van der Waals surface area contributed by atoms with Crippen LogP contribution in [0.2, 0.25) is 0 Å². The van der Waals surface area contributed by atoms with E-state index in [9.17, 15) is 8.42 Å². The Labute approximate surface area is 140 Å². The highest BCUT2D eigenvalue weighted by Crippen LogP contribution is 2.27. The first-order valence-electron chi connectivity index (χ1n) is 7.88. The normalized spacial score (nSPS) is 17.6. The molecule has 0 amide bonds. The van der Waals surface area contributed by atoms with Gasteiger partial charge < -0.3 is 0 Å². The maximum absolute atomic E-state index is 12.9. The van der Waals surface area contributed by atoms with E-state index in [4.69, 9.17) is 0 Å². The minimum Gasteiger partial charge on any atom is -0.240 e. The number of rotatable bonds is 3. The van der Waals surface area contributed by atoms with Crippen LogP contribution in [0.25, 0.3) is 11.0 Å². The minimum atomic E-state index is -3.67. The fourth-order valence-corrected chi connectivity index (χ4v) is 4.25. The molecule has 4 rings (SSSR count). The molecule has 0 fully saturated rings. The Morgan fingerprint density at radius 2 is 1.96 bits per heavy atom. The third-order valence-corrected chi connectivity index (χ3v) is 6.02. The summed E-state index contributed by atoms with van der Waals surface area (Å²) in [5.74, 6) is 0.843. The van der Waals surface area contributed by atoms with Crippen LogP contribution in [0.15, 0.2) is 59.8 Å². The van der Waals surface area contributed by atoms with Crippen molar-refractivity contribution in [3.63, 3.8) is 0 Å². The predicted octanol–water partition coefficient (Wildman–Crippen LogP) is 3.41. The quantitative estimate of drug-likeness (QED) is 0.686. The van der Waals surface area contributed by atoms with Crippen LogP contribution >= 0.6 is 0 Å². The SMILES string of the molecule is Cc1ccc(S(=O)(=O)n2ccc3cnc(C4C=CCC4)nc32)cc1. The monoisotopic (exact) mass is 339 g/mol. The molecule has 0 radical (unpaired) electrons. The standard InChI is InChI=1S/C18H17N3O2S/c1-13-6-8-16(9-7-13)24(22,23)21-11-10-15-12-19-17(20-18(15)21)14-4-2-3-5-14/h2,4,6-12,14H,3,5H2,1H3.